The lowest BCUT2D eigenvalue weighted by atomic mass is 10.1. The summed E-state index contributed by atoms with van der Waals surface area (Å²) in [5.74, 6) is 0.921. The number of hydrogen-bond acceptors (Lipinski definition) is 2. The van der Waals surface area contributed by atoms with Gasteiger partial charge in [-0.1, -0.05) is 33.6 Å². The molecule has 2 rings (SSSR count). The maximum absolute atomic E-state index is 5.44. The Balaban J connectivity index is 2.44. The zero-order chi connectivity index (χ0) is 13.3. The number of rotatable bonds is 3. The number of hydrogen-bond donors (Lipinski definition) is 0. The van der Waals surface area contributed by atoms with Crippen LogP contribution >= 0.6 is 43.2 Å². The molecule has 2 aromatic rings. The summed E-state index contributed by atoms with van der Waals surface area (Å²) in [4.78, 5) is 2.74. The first-order chi connectivity index (χ1) is 8.52. The summed E-state index contributed by atoms with van der Waals surface area (Å²) in [6, 6.07) is 8.43. The Hall–Kier alpha value is -0.320. The van der Waals surface area contributed by atoms with Crippen LogP contribution in [0.25, 0.3) is 0 Å². The van der Waals surface area contributed by atoms with Crippen LogP contribution in [0.15, 0.2) is 28.7 Å². The fourth-order valence-corrected chi connectivity index (χ4v) is 4.14. The van der Waals surface area contributed by atoms with E-state index in [4.69, 9.17) is 4.74 Å². The van der Waals surface area contributed by atoms with Crippen molar-refractivity contribution in [3.8, 4) is 5.75 Å². The van der Waals surface area contributed by atoms with Gasteiger partial charge in [-0.25, -0.2) is 0 Å². The second-order valence-corrected chi connectivity index (χ2v) is 7.22. The molecule has 0 N–H and O–H groups in total. The summed E-state index contributed by atoms with van der Waals surface area (Å²) < 4.78 is 6.61. The zero-order valence-electron chi connectivity index (χ0n) is 10.5. The van der Waals surface area contributed by atoms with Gasteiger partial charge in [0.15, 0.2) is 0 Å². The van der Waals surface area contributed by atoms with Gasteiger partial charge in [-0.3, -0.25) is 0 Å². The molecule has 0 fully saturated rings. The van der Waals surface area contributed by atoms with Crippen LogP contribution in [0.3, 0.4) is 0 Å². The van der Waals surface area contributed by atoms with Gasteiger partial charge in [0.2, 0.25) is 0 Å². The lowest BCUT2D eigenvalue weighted by molar-refractivity contribution is 0.410. The van der Waals surface area contributed by atoms with Gasteiger partial charge in [0, 0.05) is 19.8 Å². The van der Waals surface area contributed by atoms with Crippen molar-refractivity contribution in [2.45, 2.75) is 18.7 Å². The number of aryl methyl sites for hydroxylation is 2. The highest BCUT2D eigenvalue weighted by molar-refractivity contribution is 9.10. The Labute approximate surface area is 128 Å². The number of benzene rings is 1. The molecule has 1 nitrogen and oxygen atoms in total. The fraction of sp³-hybridized carbons (Fsp3) is 0.286. The van der Waals surface area contributed by atoms with E-state index in [1.54, 1.807) is 18.4 Å². The van der Waals surface area contributed by atoms with Crippen LogP contribution in [0.5, 0.6) is 5.75 Å². The van der Waals surface area contributed by atoms with Gasteiger partial charge in [-0.2, -0.15) is 0 Å². The van der Waals surface area contributed by atoms with E-state index >= 15 is 0 Å². The van der Waals surface area contributed by atoms with Crippen molar-refractivity contribution < 1.29 is 4.74 Å². The highest BCUT2D eigenvalue weighted by Crippen LogP contribution is 2.42. The van der Waals surface area contributed by atoms with Crippen molar-refractivity contribution in [3.63, 3.8) is 0 Å². The predicted octanol–water partition coefficient (Wildman–Crippen LogP) is 5.62. The molecule has 1 heterocycles. The van der Waals surface area contributed by atoms with E-state index in [-0.39, 0.29) is 4.83 Å². The summed E-state index contributed by atoms with van der Waals surface area (Å²) in [5.41, 5.74) is 2.41. The molecule has 1 aromatic carbocycles. The van der Waals surface area contributed by atoms with Crippen LogP contribution in [-0.2, 0) is 0 Å². The maximum Gasteiger partial charge on any atom is 0.123 e. The third-order valence-corrected chi connectivity index (χ3v) is 6.28. The van der Waals surface area contributed by atoms with E-state index in [9.17, 15) is 0 Å². The third kappa shape index (κ3) is 2.81. The summed E-state index contributed by atoms with van der Waals surface area (Å²) in [5, 5.41) is 0. The molecule has 1 atom stereocenters. The minimum atomic E-state index is 0.169. The van der Waals surface area contributed by atoms with Crippen LogP contribution in [0.2, 0.25) is 0 Å². The molecule has 0 aliphatic carbocycles. The predicted molar refractivity (Wildman–Crippen MR) is 85.3 cm³/mol. The molecule has 0 saturated heterocycles. The van der Waals surface area contributed by atoms with E-state index in [2.05, 4.69) is 63.9 Å². The Kier molecular flexibility index (Phi) is 4.51. The molecule has 18 heavy (non-hydrogen) atoms. The van der Waals surface area contributed by atoms with Gasteiger partial charge in [0.05, 0.1) is 11.9 Å². The topological polar surface area (TPSA) is 9.23 Å². The smallest absolute Gasteiger partial charge is 0.123 e. The van der Waals surface area contributed by atoms with E-state index < -0.39 is 0 Å². The van der Waals surface area contributed by atoms with Crippen molar-refractivity contribution in [2.24, 2.45) is 0 Å². The van der Waals surface area contributed by atoms with Gasteiger partial charge < -0.3 is 4.74 Å². The average molecular weight is 390 g/mol. The summed E-state index contributed by atoms with van der Waals surface area (Å²) >= 11 is 9.14. The normalized spacial score (nSPS) is 12.5. The molecule has 0 amide bonds. The molecule has 1 unspecified atom stereocenters. The van der Waals surface area contributed by atoms with Crippen LogP contribution in [0, 0.1) is 13.8 Å². The van der Waals surface area contributed by atoms with Crippen molar-refractivity contribution in [1.82, 2.24) is 0 Å². The molecule has 1 aromatic heterocycles. The molecule has 0 bridgehead atoms. The SMILES string of the molecule is COc1ccc(C)cc1C(Br)c1cc(Br)c(C)s1. The molecule has 0 radical (unpaired) electrons. The van der Waals surface area contributed by atoms with Crippen molar-refractivity contribution >= 4 is 43.2 Å². The molecule has 0 spiro atoms. The molecule has 0 saturated carbocycles. The van der Waals surface area contributed by atoms with E-state index in [0.29, 0.717) is 0 Å². The van der Waals surface area contributed by atoms with Gasteiger partial charge in [0.25, 0.3) is 0 Å². The van der Waals surface area contributed by atoms with Crippen molar-refractivity contribution in [2.75, 3.05) is 7.11 Å². The summed E-state index contributed by atoms with van der Waals surface area (Å²) in [6.45, 7) is 4.21. The lowest BCUT2D eigenvalue weighted by Gasteiger charge is -2.13. The van der Waals surface area contributed by atoms with E-state index in [1.807, 2.05) is 6.07 Å². The minimum absolute atomic E-state index is 0.169. The molecule has 0 aliphatic rings. The first-order valence-corrected chi connectivity index (χ1v) is 8.10. The summed E-state index contributed by atoms with van der Waals surface area (Å²) in [6.07, 6.45) is 0. The zero-order valence-corrected chi connectivity index (χ0v) is 14.4. The Morgan fingerprint density at radius 3 is 2.50 bits per heavy atom. The van der Waals surface area contributed by atoms with E-state index in [1.165, 1.54) is 25.4 Å². The number of alkyl halides is 1. The highest BCUT2D eigenvalue weighted by atomic mass is 79.9. The van der Waals surface area contributed by atoms with Crippen molar-refractivity contribution in [3.05, 3.63) is 49.6 Å². The first-order valence-electron chi connectivity index (χ1n) is 5.57. The molecular weight excluding hydrogens is 376 g/mol. The number of methoxy groups -OCH3 is 1. The van der Waals surface area contributed by atoms with Gasteiger partial charge in [0.1, 0.15) is 5.75 Å². The van der Waals surface area contributed by atoms with Gasteiger partial charge in [-0.05, 0) is 41.9 Å². The second kappa shape index (κ2) is 5.76. The Bertz CT molecular complexity index is 543. The van der Waals surface area contributed by atoms with Crippen LogP contribution in [-0.4, -0.2) is 7.11 Å². The van der Waals surface area contributed by atoms with Crippen LogP contribution in [0.4, 0.5) is 0 Å². The fourth-order valence-electron chi connectivity index (χ4n) is 1.81. The second-order valence-electron chi connectivity index (χ2n) is 4.16. The maximum atomic E-state index is 5.44. The number of thiophene rings is 1. The van der Waals surface area contributed by atoms with Gasteiger partial charge >= 0.3 is 0 Å². The standard InChI is InChI=1S/C14H14Br2OS/c1-8-4-5-12(17-3)10(6-8)14(16)13-7-11(15)9(2)18-13/h4-7,14H,1-3H3. The Morgan fingerprint density at radius 2 is 1.94 bits per heavy atom. The summed E-state index contributed by atoms with van der Waals surface area (Å²) in [7, 11) is 1.71. The molecule has 4 heteroatoms. The van der Waals surface area contributed by atoms with Crippen molar-refractivity contribution in [1.29, 1.82) is 0 Å². The Morgan fingerprint density at radius 1 is 1.22 bits per heavy atom. The highest BCUT2D eigenvalue weighted by Gasteiger charge is 2.18. The minimum Gasteiger partial charge on any atom is -0.496 e. The first kappa shape index (κ1) is 14.1. The van der Waals surface area contributed by atoms with Crippen LogP contribution in [0.1, 0.15) is 25.7 Å². The average Bonchev–Trinajstić information content (AvgIpc) is 2.68. The largest absolute Gasteiger partial charge is 0.496 e. The number of halogens is 2. The molecule has 0 aliphatic heterocycles. The lowest BCUT2D eigenvalue weighted by Crippen LogP contribution is -1.96. The quantitative estimate of drug-likeness (QED) is 0.619. The van der Waals surface area contributed by atoms with E-state index in [0.717, 1.165) is 5.75 Å². The number of ether oxygens (including phenoxy) is 1. The third-order valence-electron chi connectivity index (χ3n) is 2.78. The monoisotopic (exact) mass is 388 g/mol. The van der Waals surface area contributed by atoms with Gasteiger partial charge in [-0.15, -0.1) is 11.3 Å². The molecule has 96 valence electrons. The van der Waals surface area contributed by atoms with Crippen LogP contribution < -0.4 is 4.74 Å². The molecular formula is C14H14Br2OS.